The highest BCUT2D eigenvalue weighted by Crippen LogP contribution is 2.34. The highest BCUT2D eigenvalue weighted by atomic mass is 19.1. The van der Waals surface area contributed by atoms with Crippen molar-refractivity contribution in [3.63, 3.8) is 0 Å². The Morgan fingerprint density at radius 1 is 0.951 bits per heavy atom. The molecule has 5 aromatic rings. The number of halogens is 2. The van der Waals surface area contributed by atoms with Gasteiger partial charge in [-0.05, 0) is 63.1 Å². The smallest absolute Gasteiger partial charge is 0.266 e. The number of hydrogen-bond donors (Lipinski definition) is 3. The molecule has 3 aliphatic heterocycles. The van der Waals surface area contributed by atoms with Crippen molar-refractivity contribution in [1.29, 1.82) is 0 Å². The average molecular weight is 836 g/mol. The SMILES string of the molecule is Cc1nc2c(F)cc(-c3nc(Nc4ccc(CN5CCN(CCNC(=O)COc6cccc7c6C(=O)N(C6CCC(=O)NC6=O)C7=O)CC5)cn4)ncc3F)cc2n1C(C)C. The van der Waals surface area contributed by atoms with Gasteiger partial charge in [0.05, 0.1) is 22.8 Å². The summed E-state index contributed by atoms with van der Waals surface area (Å²) < 4.78 is 37.7. The van der Waals surface area contributed by atoms with Crippen LogP contribution in [0.2, 0.25) is 0 Å². The van der Waals surface area contributed by atoms with Crippen molar-refractivity contribution in [1.82, 2.24) is 49.8 Å². The Morgan fingerprint density at radius 2 is 1.74 bits per heavy atom. The molecule has 61 heavy (non-hydrogen) atoms. The van der Waals surface area contributed by atoms with Crippen LogP contribution in [0.4, 0.5) is 20.5 Å². The first kappa shape index (κ1) is 41.0. The minimum atomic E-state index is -1.10. The quantitative estimate of drug-likeness (QED) is 0.146. The molecule has 2 fully saturated rings. The van der Waals surface area contributed by atoms with Gasteiger partial charge in [-0.25, -0.2) is 28.7 Å². The number of amides is 5. The zero-order valence-electron chi connectivity index (χ0n) is 33.7. The molecule has 0 radical (unpaired) electrons. The number of ether oxygens (including phenoxy) is 1. The van der Waals surface area contributed by atoms with Gasteiger partial charge in [-0.15, -0.1) is 0 Å². The first-order valence-electron chi connectivity index (χ1n) is 20.0. The molecule has 2 saturated heterocycles. The lowest BCUT2D eigenvalue weighted by Gasteiger charge is -2.34. The summed E-state index contributed by atoms with van der Waals surface area (Å²) in [5.41, 5.74) is 2.04. The van der Waals surface area contributed by atoms with Gasteiger partial charge in [-0.2, -0.15) is 0 Å². The number of imide groups is 2. The van der Waals surface area contributed by atoms with Crippen molar-refractivity contribution >= 4 is 52.3 Å². The topological polar surface area (TPSA) is 197 Å². The number of carbonyl (C=O) groups excluding carboxylic acids is 5. The highest BCUT2D eigenvalue weighted by molar-refractivity contribution is 6.24. The van der Waals surface area contributed by atoms with Crippen molar-refractivity contribution in [3.8, 4) is 17.0 Å². The molecule has 0 spiro atoms. The monoisotopic (exact) mass is 835 g/mol. The van der Waals surface area contributed by atoms with Gasteiger partial charge < -0.3 is 19.9 Å². The molecule has 5 amide bonds. The number of imidazole rings is 1. The van der Waals surface area contributed by atoms with E-state index in [2.05, 4.69) is 45.7 Å². The van der Waals surface area contributed by atoms with Crippen LogP contribution in [-0.2, 0) is 20.9 Å². The molecule has 0 aliphatic carbocycles. The maximum Gasteiger partial charge on any atom is 0.266 e. The van der Waals surface area contributed by atoms with Crippen molar-refractivity contribution in [3.05, 3.63) is 89.0 Å². The van der Waals surface area contributed by atoms with Gasteiger partial charge in [0.25, 0.3) is 17.7 Å². The van der Waals surface area contributed by atoms with Crippen LogP contribution < -0.4 is 20.7 Å². The fourth-order valence-corrected chi connectivity index (χ4v) is 7.97. The number of rotatable bonds is 13. The second-order valence-electron chi connectivity index (χ2n) is 15.4. The number of carbonyl (C=O) groups is 5. The number of anilines is 2. The van der Waals surface area contributed by atoms with Gasteiger partial charge >= 0.3 is 0 Å². The van der Waals surface area contributed by atoms with E-state index in [1.807, 2.05) is 24.5 Å². The van der Waals surface area contributed by atoms with Crippen LogP contribution in [0.1, 0.15) is 64.8 Å². The van der Waals surface area contributed by atoms with Crippen LogP contribution in [0.15, 0.2) is 54.9 Å². The lowest BCUT2D eigenvalue weighted by atomic mass is 10.0. The number of piperidine rings is 1. The average Bonchev–Trinajstić information content (AvgIpc) is 3.71. The molecule has 2 aromatic carbocycles. The molecule has 316 valence electrons. The van der Waals surface area contributed by atoms with Gasteiger partial charge in [0.2, 0.25) is 17.8 Å². The lowest BCUT2D eigenvalue weighted by molar-refractivity contribution is -0.136. The van der Waals surface area contributed by atoms with E-state index < -0.39 is 47.2 Å². The second-order valence-corrected chi connectivity index (χ2v) is 15.4. The molecule has 8 rings (SSSR count). The molecule has 0 saturated carbocycles. The summed E-state index contributed by atoms with van der Waals surface area (Å²) >= 11 is 0. The number of fused-ring (bicyclic) bond motifs is 2. The van der Waals surface area contributed by atoms with Crippen LogP contribution in [0.25, 0.3) is 22.3 Å². The summed E-state index contributed by atoms with van der Waals surface area (Å²) in [6.45, 7) is 10.2. The Balaban J connectivity index is 0.780. The van der Waals surface area contributed by atoms with E-state index in [0.29, 0.717) is 36.8 Å². The van der Waals surface area contributed by atoms with Gasteiger partial charge in [0.1, 0.15) is 34.6 Å². The fraction of sp³-hybridized carbons (Fsp3) is 0.357. The first-order chi connectivity index (χ1) is 29.3. The number of nitrogens with zero attached hydrogens (tertiary/aromatic N) is 8. The normalized spacial score (nSPS) is 17.3. The van der Waals surface area contributed by atoms with E-state index in [1.165, 1.54) is 24.3 Å². The van der Waals surface area contributed by atoms with Crippen LogP contribution in [0, 0.1) is 18.6 Å². The molecule has 3 aliphatic rings. The molecule has 1 atom stereocenters. The van der Waals surface area contributed by atoms with Crippen LogP contribution >= 0.6 is 0 Å². The van der Waals surface area contributed by atoms with E-state index in [0.717, 1.165) is 42.8 Å². The number of pyridine rings is 1. The standard InChI is InChI=1S/C42H43F2N11O6/c1-23(2)54-24(3)48-38-28(43)17-26(18-31(38)54)37-29(44)20-47-42(51-37)49-33-9-7-25(19-46-33)21-53-15-13-52(14-16-53)12-11-45-35(57)22-61-32-6-4-5-27-36(32)41(60)55(40(27)59)30-8-10-34(56)50-39(30)58/h4-7,9,17-20,23,30H,8,10-16,21-22H2,1-3H3,(H,45,57)(H,50,56,58)(H,46,47,49,51). The van der Waals surface area contributed by atoms with Gasteiger partial charge in [-0.1, -0.05) is 12.1 Å². The number of nitrogens with one attached hydrogen (secondary N) is 3. The zero-order chi connectivity index (χ0) is 42.9. The Hall–Kier alpha value is -6.73. The third-order valence-corrected chi connectivity index (χ3v) is 10.9. The maximum atomic E-state index is 15.1. The molecular formula is C42H43F2N11O6. The molecule has 3 N–H and O–H groups in total. The number of aryl methyl sites for hydroxylation is 1. The summed E-state index contributed by atoms with van der Waals surface area (Å²) in [6, 6.07) is 10.0. The van der Waals surface area contributed by atoms with Crippen molar-refractivity contribution < 1.29 is 37.5 Å². The van der Waals surface area contributed by atoms with E-state index in [1.54, 1.807) is 25.3 Å². The number of piperazine rings is 1. The molecule has 1 unspecified atom stereocenters. The minimum Gasteiger partial charge on any atom is -0.483 e. The second kappa shape index (κ2) is 17.1. The van der Waals surface area contributed by atoms with Crippen molar-refractivity contribution in [2.24, 2.45) is 0 Å². The van der Waals surface area contributed by atoms with Crippen LogP contribution in [-0.4, -0.2) is 121 Å². The summed E-state index contributed by atoms with van der Waals surface area (Å²) in [5.74, 6) is -2.90. The largest absolute Gasteiger partial charge is 0.483 e. The van der Waals surface area contributed by atoms with Gasteiger partial charge in [-0.3, -0.25) is 44.0 Å². The van der Waals surface area contributed by atoms with Gasteiger partial charge in [0, 0.05) is 70.0 Å². The predicted molar refractivity (Wildman–Crippen MR) is 217 cm³/mol. The summed E-state index contributed by atoms with van der Waals surface area (Å²) in [7, 11) is 0. The van der Waals surface area contributed by atoms with E-state index in [-0.39, 0.29) is 65.1 Å². The first-order valence-corrected chi connectivity index (χ1v) is 20.0. The van der Waals surface area contributed by atoms with Gasteiger partial charge in [0.15, 0.2) is 18.2 Å². The third kappa shape index (κ3) is 8.51. The third-order valence-electron chi connectivity index (χ3n) is 10.9. The number of aromatic nitrogens is 5. The fourth-order valence-electron chi connectivity index (χ4n) is 7.97. The molecule has 0 bridgehead atoms. The Kier molecular flexibility index (Phi) is 11.5. The lowest BCUT2D eigenvalue weighted by Crippen LogP contribution is -2.54. The summed E-state index contributed by atoms with van der Waals surface area (Å²) in [6.07, 6.45) is 2.84. The summed E-state index contributed by atoms with van der Waals surface area (Å²) in [5, 5.41) is 8.02. The van der Waals surface area contributed by atoms with Crippen LogP contribution in [0.3, 0.4) is 0 Å². The van der Waals surface area contributed by atoms with Crippen molar-refractivity contribution in [2.45, 2.75) is 52.2 Å². The number of benzene rings is 2. The Labute approximate surface area is 348 Å². The maximum absolute atomic E-state index is 15.1. The molecular weight excluding hydrogens is 793 g/mol. The van der Waals surface area contributed by atoms with E-state index in [9.17, 15) is 24.0 Å². The number of hydrogen-bond acceptors (Lipinski definition) is 13. The summed E-state index contributed by atoms with van der Waals surface area (Å²) in [4.78, 5) is 85.7. The van der Waals surface area contributed by atoms with Crippen molar-refractivity contribution in [2.75, 3.05) is 51.2 Å². The molecule has 6 heterocycles. The van der Waals surface area contributed by atoms with E-state index in [4.69, 9.17) is 4.74 Å². The zero-order valence-corrected chi connectivity index (χ0v) is 33.7. The Morgan fingerprint density at radius 3 is 2.48 bits per heavy atom. The molecule has 3 aromatic heterocycles. The molecule has 19 heteroatoms. The van der Waals surface area contributed by atoms with Crippen LogP contribution in [0.5, 0.6) is 5.75 Å². The Bertz CT molecular complexity index is 2560. The highest BCUT2D eigenvalue weighted by Gasteiger charge is 2.46. The van der Waals surface area contributed by atoms with E-state index >= 15 is 8.78 Å². The molecule has 17 nitrogen and oxygen atoms in total. The predicted octanol–water partition coefficient (Wildman–Crippen LogP) is 3.51. The minimum absolute atomic E-state index is 0.00745.